The average Bonchev–Trinajstić information content (AvgIpc) is 2.32. The fourth-order valence-corrected chi connectivity index (χ4v) is 2.64. The van der Waals surface area contributed by atoms with Crippen molar-refractivity contribution in [3.05, 3.63) is 29.6 Å². The molecule has 0 amide bonds. The van der Waals surface area contributed by atoms with Gasteiger partial charge in [0.15, 0.2) is 17.5 Å². The van der Waals surface area contributed by atoms with Crippen LogP contribution in [-0.4, -0.2) is 6.04 Å². The molecule has 2 rings (SSSR count). The van der Waals surface area contributed by atoms with Crippen molar-refractivity contribution >= 4 is 5.69 Å². The molecule has 18 heavy (non-hydrogen) atoms. The van der Waals surface area contributed by atoms with Crippen molar-refractivity contribution in [2.45, 2.75) is 39.2 Å². The van der Waals surface area contributed by atoms with Crippen molar-refractivity contribution < 1.29 is 13.2 Å². The standard InChI is InChI=1S/C14H18F3N/c1-8-4-3-5-13(9(8)2)18-10-6-11(15)14(17)12(16)7-10/h6-9,13,18H,3-5H2,1-2H3. The summed E-state index contributed by atoms with van der Waals surface area (Å²) in [6.45, 7) is 4.32. The van der Waals surface area contributed by atoms with Crippen LogP contribution in [0.2, 0.25) is 0 Å². The van der Waals surface area contributed by atoms with Gasteiger partial charge in [0.1, 0.15) is 0 Å². The zero-order chi connectivity index (χ0) is 13.3. The van der Waals surface area contributed by atoms with Gasteiger partial charge in [-0.15, -0.1) is 0 Å². The molecule has 1 fully saturated rings. The number of benzene rings is 1. The lowest BCUT2D eigenvalue weighted by molar-refractivity contribution is 0.253. The summed E-state index contributed by atoms with van der Waals surface area (Å²) < 4.78 is 39.1. The van der Waals surface area contributed by atoms with E-state index in [1.54, 1.807) is 0 Å². The Morgan fingerprint density at radius 3 is 2.28 bits per heavy atom. The second-order valence-corrected chi connectivity index (χ2v) is 5.27. The number of anilines is 1. The van der Waals surface area contributed by atoms with Gasteiger partial charge in [0.25, 0.3) is 0 Å². The van der Waals surface area contributed by atoms with Gasteiger partial charge in [-0.25, -0.2) is 13.2 Å². The first kappa shape index (κ1) is 13.2. The molecule has 0 aliphatic heterocycles. The molecule has 0 radical (unpaired) electrons. The lowest BCUT2D eigenvalue weighted by Crippen LogP contribution is -2.35. The summed E-state index contributed by atoms with van der Waals surface area (Å²) in [5, 5.41) is 3.12. The summed E-state index contributed by atoms with van der Waals surface area (Å²) in [5.74, 6) is -2.67. The molecule has 0 aromatic heterocycles. The molecular formula is C14H18F3N. The van der Waals surface area contributed by atoms with Crippen LogP contribution in [0.25, 0.3) is 0 Å². The lowest BCUT2D eigenvalue weighted by atomic mass is 9.78. The summed E-state index contributed by atoms with van der Waals surface area (Å²) in [6.07, 6.45) is 3.27. The summed E-state index contributed by atoms with van der Waals surface area (Å²) in [6, 6.07) is 2.23. The molecule has 3 unspecified atom stereocenters. The predicted molar refractivity (Wildman–Crippen MR) is 65.9 cm³/mol. The molecule has 1 aromatic rings. The second-order valence-electron chi connectivity index (χ2n) is 5.27. The largest absolute Gasteiger partial charge is 0.382 e. The Hall–Kier alpha value is -1.19. The highest BCUT2D eigenvalue weighted by Crippen LogP contribution is 2.32. The fraction of sp³-hybridized carbons (Fsp3) is 0.571. The molecule has 1 aliphatic carbocycles. The van der Waals surface area contributed by atoms with Crippen LogP contribution in [0.3, 0.4) is 0 Å². The Kier molecular flexibility index (Phi) is 3.83. The molecule has 1 aromatic carbocycles. The van der Waals surface area contributed by atoms with Crippen molar-refractivity contribution in [3.63, 3.8) is 0 Å². The van der Waals surface area contributed by atoms with Gasteiger partial charge >= 0.3 is 0 Å². The van der Waals surface area contributed by atoms with Crippen LogP contribution < -0.4 is 5.32 Å². The van der Waals surface area contributed by atoms with Crippen LogP contribution in [0.5, 0.6) is 0 Å². The molecule has 100 valence electrons. The van der Waals surface area contributed by atoms with Gasteiger partial charge in [-0.05, 0) is 18.3 Å². The highest BCUT2D eigenvalue weighted by atomic mass is 19.2. The highest BCUT2D eigenvalue weighted by Gasteiger charge is 2.27. The van der Waals surface area contributed by atoms with E-state index in [0.717, 1.165) is 25.0 Å². The van der Waals surface area contributed by atoms with Gasteiger partial charge in [-0.2, -0.15) is 0 Å². The third kappa shape index (κ3) is 2.62. The highest BCUT2D eigenvalue weighted by molar-refractivity contribution is 5.45. The van der Waals surface area contributed by atoms with Gasteiger partial charge in [0.2, 0.25) is 0 Å². The third-order valence-electron chi connectivity index (χ3n) is 4.04. The van der Waals surface area contributed by atoms with Crippen LogP contribution >= 0.6 is 0 Å². The third-order valence-corrected chi connectivity index (χ3v) is 4.04. The first-order valence-electron chi connectivity index (χ1n) is 6.40. The molecular weight excluding hydrogens is 239 g/mol. The zero-order valence-corrected chi connectivity index (χ0v) is 10.6. The van der Waals surface area contributed by atoms with Crippen LogP contribution in [0.1, 0.15) is 33.1 Å². The van der Waals surface area contributed by atoms with Gasteiger partial charge in [0, 0.05) is 23.9 Å². The number of hydrogen-bond donors (Lipinski definition) is 1. The Morgan fingerprint density at radius 2 is 1.67 bits per heavy atom. The smallest absolute Gasteiger partial charge is 0.194 e. The Labute approximate surface area is 105 Å². The van der Waals surface area contributed by atoms with Crippen LogP contribution in [0, 0.1) is 29.3 Å². The first-order chi connectivity index (χ1) is 8.49. The summed E-state index contributed by atoms with van der Waals surface area (Å²) in [5.41, 5.74) is 0.317. The minimum atomic E-state index is -1.41. The molecule has 1 nitrogen and oxygen atoms in total. The monoisotopic (exact) mass is 257 g/mol. The predicted octanol–water partition coefficient (Wildman–Crippen LogP) is 4.34. The normalized spacial score (nSPS) is 28.2. The average molecular weight is 257 g/mol. The lowest BCUT2D eigenvalue weighted by Gasteiger charge is -2.35. The zero-order valence-electron chi connectivity index (χ0n) is 10.6. The van der Waals surface area contributed by atoms with Crippen molar-refractivity contribution in [1.82, 2.24) is 0 Å². The molecule has 1 saturated carbocycles. The van der Waals surface area contributed by atoms with E-state index in [0.29, 0.717) is 17.5 Å². The van der Waals surface area contributed by atoms with Crippen LogP contribution in [0.15, 0.2) is 12.1 Å². The molecule has 0 spiro atoms. The van der Waals surface area contributed by atoms with E-state index in [9.17, 15) is 13.2 Å². The number of nitrogens with one attached hydrogen (secondary N) is 1. The minimum absolute atomic E-state index is 0.193. The van der Waals surface area contributed by atoms with E-state index in [2.05, 4.69) is 19.2 Å². The molecule has 1 N–H and O–H groups in total. The minimum Gasteiger partial charge on any atom is -0.382 e. The van der Waals surface area contributed by atoms with Gasteiger partial charge in [-0.3, -0.25) is 0 Å². The van der Waals surface area contributed by atoms with E-state index in [1.165, 1.54) is 6.42 Å². The van der Waals surface area contributed by atoms with E-state index in [-0.39, 0.29) is 6.04 Å². The summed E-state index contributed by atoms with van der Waals surface area (Å²) in [7, 11) is 0. The summed E-state index contributed by atoms with van der Waals surface area (Å²) >= 11 is 0. The topological polar surface area (TPSA) is 12.0 Å². The van der Waals surface area contributed by atoms with E-state index in [4.69, 9.17) is 0 Å². The van der Waals surface area contributed by atoms with E-state index >= 15 is 0 Å². The quantitative estimate of drug-likeness (QED) is 0.777. The summed E-state index contributed by atoms with van der Waals surface area (Å²) in [4.78, 5) is 0. The van der Waals surface area contributed by atoms with E-state index in [1.807, 2.05) is 0 Å². The number of hydrogen-bond acceptors (Lipinski definition) is 1. The second kappa shape index (κ2) is 5.21. The Bertz CT molecular complexity index is 410. The van der Waals surface area contributed by atoms with Crippen molar-refractivity contribution in [1.29, 1.82) is 0 Å². The molecule has 4 heteroatoms. The van der Waals surface area contributed by atoms with Crippen LogP contribution in [-0.2, 0) is 0 Å². The number of rotatable bonds is 2. The molecule has 0 bridgehead atoms. The SMILES string of the molecule is CC1CCCC(Nc2cc(F)c(F)c(F)c2)C1C. The maximum Gasteiger partial charge on any atom is 0.194 e. The first-order valence-corrected chi connectivity index (χ1v) is 6.40. The Balaban J connectivity index is 2.14. The molecule has 3 atom stereocenters. The molecule has 1 aliphatic rings. The molecule has 0 saturated heterocycles. The number of halogens is 3. The van der Waals surface area contributed by atoms with Gasteiger partial charge < -0.3 is 5.32 Å². The van der Waals surface area contributed by atoms with Gasteiger partial charge in [0.05, 0.1) is 0 Å². The maximum absolute atomic E-state index is 13.1. The van der Waals surface area contributed by atoms with Crippen molar-refractivity contribution in [3.8, 4) is 0 Å². The Morgan fingerprint density at radius 1 is 1.06 bits per heavy atom. The molecule has 0 heterocycles. The van der Waals surface area contributed by atoms with Gasteiger partial charge in [-0.1, -0.05) is 26.7 Å². The van der Waals surface area contributed by atoms with E-state index < -0.39 is 17.5 Å². The van der Waals surface area contributed by atoms with Crippen molar-refractivity contribution in [2.75, 3.05) is 5.32 Å². The maximum atomic E-state index is 13.1. The van der Waals surface area contributed by atoms with Crippen LogP contribution in [0.4, 0.5) is 18.9 Å². The van der Waals surface area contributed by atoms with Crippen molar-refractivity contribution in [2.24, 2.45) is 11.8 Å². The fourth-order valence-electron chi connectivity index (χ4n) is 2.64.